The standard InChI is InChI=1S/C15H21FO3/c1-2-6-13(14(16)9-10-17)11-19-15(18)12-7-4-3-5-8-12/h3-5,7-8,13-14,17H,2,6,9-11H2,1H3. The minimum absolute atomic E-state index is 0.0583. The highest BCUT2D eigenvalue weighted by Crippen LogP contribution is 2.18. The van der Waals surface area contributed by atoms with E-state index < -0.39 is 12.1 Å². The first kappa shape index (κ1) is 15.6. The second kappa shape index (κ2) is 8.64. The smallest absolute Gasteiger partial charge is 0.338 e. The molecule has 19 heavy (non-hydrogen) atoms. The van der Waals surface area contributed by atoms with Gasteiger partial charge in [-0.25, -0.2) is 9.18 Å². The molecule has 1 aromatic carbocycles. The van der Waals surface area contributed by atoms with Crippen LogP contribution in [0.25, 0.3) is 0 Å². The summed E-state index contributed by atoms with van der Waals surface area (Å²) in [5, 5.41) is 8.76. The predicted octanol–water partition coefficient (Wildman–Crippen LogP) is 2.98. The molecule has 0 aliphatic heterocycles. The maximum absolute atomic E-state index is 13.8. The van der Waals surface area contributed by atoms with Crippen LogP contribution >= 0.6 is 0 Å². The van der Waals surface area contributed by atoms with Gasteiger partial charge in [0.15, 0.2) is 0 Å². The number of alkyl halides is 1. The third kappa shape index (κ3) is 5.39. The van der Waals surface area contributed by atoms with Gasteiger partial charge in [-0.2, -0.15) is 0 Å². The van der Waals surface area contributed by atoms with E-state index in [1.54, 1.807) is 24.3 Å². The molecule has 2 unspecified atom stereocenters. The monoisotopic (exact) mass is 268 g/mol. The highest BCUT2D eigenvalue weighted by molar-refractivity contribution is 5.89. The zero-order chi connectivity index (χ0) is 14.1. The van der Waals surface area contributed by atoms with E-state index in [4.69, 9.17) is 9.84 Å². The van der Waals surface area contributed by atoms with Crippen LogP contribution in [0.3, 0.4) is 0 Å². The van der Waals surface area contributed by atoms with Crippen molar-refractivity contribution in [3.05, 3.63) is 35.9 Å². The molecular formula is C15H21FO3. The summed E-state index contributed by atoms with van der Waals surface area (Å²) in [6, 6.07) is 8.65. The van der Waals surface area contributed by atoms with Gasteiger partial charge in [0.25, 0.3) is 0 Å². The number of esters is 1. The van der Waals surface area contributed by atoms with E-state index in [0.29, 0.717) is 12.0 Å². The van der Waals surface area contributed by atoms with Crippen LogP contribution in [0, 0.1) is 5.92 Å². The van der Waals surface area contributed by atoms with Crippen molar-refractivity contribution >= 4 is 5.97 Å². The SMILES string of the molecule is CCCC(COC(=O)c1ccccc1)C(F)CCO. The zero-order valence-electron chi connectivity index (χ0n) is 11.2. The van der Waals surface area contributed by atoms with E-state index in [-0.39, 0.29) is 25.6 Å². The van der Waals surface area contributed by atoms with Crippen LogP contribution in [-0.2, 0) is 4.74 Å². The van der Waals surface area contributed by atoms with Crippen LogP contribution in [-0.4, -0.2) is 30.5 Å². The van der Waals surface area contributed by atoms with E-state index >= 15 is 0 Å². The molecule has 2 atom stereocenters. The number of carbonyl (C=O) groups excluding carboxylic acids is 1. The van der Waals surface area contributed by atoms with Gasteiger partial charge in [0.1, 0.15) is 6.17 Å². The molecule has 0 bridgehead atoms. The summed E-state index contributed by atoms with van der Waals surface area (Å²) in [5.74, 6) is -0.775. The molecule has 0 aliphatic rings. The molecule has 0 radical (unpaired) electrons. The van der Waals surface area contributed by atoms with Gasteiger partial charge in [0.05, 0.1) is 12.2 Å². The van der Waals surface area contributed by atoms with E-state index in [1.165, 1.54) is 0 Å². The summed E-state index contributed by atoms with van der Waals surface area (Å²) in [6.07, 6.45) is 0.421. The third-order valence-corrected chi connectivity index (χ3v) is 3.01. The van der Waals surface area contributed by atoms with Crippen LogP contribution in [0.15, 0.2) is 30.3 Å². The lowest BCUT2D eigenvalue weighted by Crippen LogP contribution is -2.24. The first-order valence-electron chi connectivity index (χ1n) is 6.66. The Morgan fingerprint density at radius 1 is 1.32 bits per heavy atom. The summed E-state index contributed by atoms with van der Waals surface area (Å²) >= 11 is 0. The Morgan fingerprint density at radius 3 is 2.58 bits per heavy atom. The number of benzene rings is 1. The van der Waals surface area contributed by atoms with Gasteiger partial charge in [0.2, 0.25) is 0 Å². The topological polar surface area (TPSA) is 46.5 Å². The van der Waals surface area contributed by atoms with Crippen molar-refractivity contribution in [2.45, 2.75) is 32.4 Å². The predicted molar refractivity (Wildman–Crippen MR) is 71.7 cm³/mol. The first-order valence-corrected chi connectivity index (χ1v) is 6.66. The maximum atomic E-state index is 13.8. The molecule has 4 heteroatoms. The Hall–Kier alpha value is -1.42. The highest BCUT2D eigenvalue weighted by Gasteiger charge is 2.21. The van der Waals surface area contributed by atoms with Crippen molar-refractivity contribution in [1.29, 1.82) is 0 Å². The number of rotatable bonds is 8. The normalized spacial score (nSPS) is 13.8. The number of aliphatic hydroxyl groups excluding tert-OH is 1. The van der Waals surface area contributed by atoms with Gasteiger partial charge < -0.3 is 9.84 Å². The molecule has 0 aliphatic carbocycles. The summed E-state index contributed by atoms with van der Waals surface area (Å²) in [7, 11) is 0. The summed E-state index contributed by atoms with van der Waals surface area (Å²) in [5.41, 5.74) is 0.468. The lowest BCUT2D eigenvalue weighted by Gasteiger charge is -2.19. The Bertz CT molecular complexity index is 367. The lowest BCUT2D eigenvalue weighted by molar-refractivity contribution is 0.0323. The number of ether oxygens (including phenoxy) is 1. The van der Waals surface area contributed by atoms with Crippen molar-refractivity contribution in [2.24, 2.45) is 5.92 Å². The van der Waals surface area contributed by atoms with E-state index in [0.717, 1.165) is 6.42 Å². The van der Waals surface area contributed by atoms with Gasteiger partial charge in [-0.15, -0.1) is 0 Å². The zero-order valence-corrected chi connectivity index (χ0v) is 11.2. The largest absolute Gasteiger partial charge is 0.462 e. The summed E-state index contributed by atoms with van der Waals surface area (Å²) < 4.78 is 18.9. The Labute approximate surface area is 113 Å². The van der Waals surface area contributed by atoms with E-state index in [2.05, 4.69) is 0 Å². The number of halogens is 1. The maximum Gasteiger partial charge on any atom is 0.338 e. The fourth-order valence-electron chi connectivity index (χ4n) is 1.94. The summed E-state index contributed by atoms with van der Waals surface area (Å²) in [6.45, 7) is 1.83. The fourth-order valence-corrected chi connectivity index (χ4v) is 1.94. The second-order valence-electron chi connectivity index (χ2n) is 4.54. The van der Waals surface area contributed by atoms with E-state index in [1.807, 2.05) is 13.0 Å². The first-order chi connectivity index (χ1) is 9.19. The quantitative estimate of drug-likeness (QED) is 0.737. The van der Waals surface area contributed by atoms with Gasteiger partial charge in [-0.3, -0.25) is 0 Å². The Balaban J connectivity index is 2.49. The molecule has 0 saturated heterocycles. The van der Waals surface area contributed by atoms with Gasteiger partial charge in [0, 0.05) is 18.9 Å². The minimum atomic E-state index is -1.13. The molecule has 3 nitrogen and oxygen atoms in total. The molecule has 0 saturated carbocycles. The number of hydrogen-bond acceptors (Lipinski definition) is 3. The van der Waals surface area contributed by atoms with Crippen molar-refractivity contribution in [3.63, 3.8) is 0 Å². The van der Waals surface area contributed by atoms with Crippen LogP contribution < -0.4 is 0 Å². The Morgan fingerprint density at radius 2 is 2.00 bits per heavy atom. The summed E-state index contributed by atoms with van der Waals surface area (Å²) in [4.78, 5) is 11.7. The molecule has 0 amide bonds. The number of aliphatic hydroxyl groups is 1. The van der Waals surface area contributed by atoms with Crippen molar-refractivity contribution in [1.82, 2.24) is 0 Å². The molecule has 106 valence electrons. The van der Waals surface area contributed by atoms with Crippen molar-refractivity contribution in [2.75, 3.05) is 13.2 Å². The molecule has 0 heterocycles. The third-order valence-electron chi connectivity index (χ3n) is 3.01. The van der Waals surface area contributed by atoms with E-state index in [9.17, 15) is 9.18 Å². The average Bonchev–Trinajstić information content (AvgIpc) is 2.44. The molecule has 1 aromatic rings. The fraction of sp³-hybridized carbons (Fsp3) is 0.533. The molecule has 1 N–H and O–H groups in total. The van der Waals surface area contributed by atoms with Crippen LogP contribution in [0.5, 0.6) is 0 Å². The number of hydrogen-bond donors (Lipinski definition) is 1. The highest BCUT2D eigenvalue weighted by atomic mass is 19.1. The second-order valence-corrected chi connectivity index (χ2v) is 4.54. The van der Waals surface area contributed by atoms with Crippen molar-refractivity contribution in [3.8, 4) is 0 Å². The number of carbonyl (C=O) groups is 1. The average molecular weight is 268 g/mol. The van der Waals surface area contributed by atoms with Gasteiger partial charge in [-0.1, -0.05) is 31.5 Å². The van der Waals surface area contributed by atoms with Gasteiger partial charge in [-0.05, 0) is 18.6 Å². The van der Waals surface area contributed by atoms with Crippen LogP contribution in [0.4, 0.5) is 4.39 Å². The van der Waals surface area contributed by atoms with Crippen LogP contribution in [0.1, 0.15) is 36.5 Å². The molecular weight excluding hydrogens is 247 g/mol. The van der Waals surface area contributed by atoms with Crippen LogP contribution in [0.2, 0.25) is 0 Å². The molecule has 0 spiro atoms. The van der Waals surface area contributed by atoms with Crippen molar-refractivity contribution < 1.29 is 19.0 Å². The van der Waals surface area contributed by atoms with Gasteiger partial charge >= 0.3 is 5.97 Å². The molecule has 1 rings (SSSR count). The Kier molecular flexibility index (Phi) is 7.11. The molecule has 0 fully saturated rings. The lowest BCUT2D eigenvalue weighted by atomic mass is 9.97. The minimum Gasteiger partial charge on any atom is -0.462 e. The molecule has 0 aromatic heterocycles.